The maximum Gasteiger partial charge on any atom is 0.262 e. The Kier molecular flexibility index (Phi) is 5.43. The number of rotatable bonds is 7. The first kappa shape index (κ1) is 17.4. The summed E-state index contributed by atoms with van der Waals surface area (Å²) in [5.74, 6) is 1.11. The number of anilines is 1. The lowest BCUT2D eigenvalue weighted by Gasteiger charge is -2.10. The number of hydrogen-bond donors (Lipinski definition) is 1. The first-order chi connectivity index (χ1) is 12.7. The number of nitrogens with one attached hydrogen (secondary N) is 1. The molecule has 0 unspecified atom stereocenters. The molecule has 0 aliphatic heterocycles. The van der Waals surface area contributed by atoms with Crippen molar-refractivity contribution < 1.29 is 4.74 Å². The van der Waals surface area contributed by atoms with Crippen LogP contribution in [0.2, 0.25) is 0 Å². The second-order valence-electron chi connectivity index (χ2n) is 5.51. The normalized spacial score (nSPS) is 11.0. The summed E-state index contributed by atoms with van der Waals surface area (Å²) in [6.45, 7) is 6.45. The molecule has 6 heteroatoms. The van der Waals surface area contributed by atoms with Crippen molar-refractivity contribution in [3.63, 3.8) is 0 Å². The average molecular weight is 348 g/mol. The van der Waals surface area contributed by atoms with Crippen LogP contribution >= 0.6 is 0 Å². The lowest BCUT2D eigenvalue weighted by Crippen LogP contribution is -2.23. The second-order valence-corrected chi connectivity index (χ2v) is 5.51. The van der Waals surface area contributed by atoms with Crippen molar-refractivity contribution in [1.82, 2.24) is 9.55 Å². The Bertz CT molecular complexity index is 1010. The van der Waals surface area contributed by atoms with E-state index in [2.05, 4.69) is 22.1 Å². The number of fused-ring (bicyclic) bond motifs is 1. The van der Waals surface area contributed by atoms with E-state index >= 15 is 0 Å². The Morgan fingerprint density at radius 1 is 1.23 bits per heavy atom. The average Bonchev–Trinajstić information content (AvgIpc) is 2.67. The molecular formula is C20H20N4O2. The SMILES string of the molecule is C=CCOc1ccccc1/C=N\Nc1nc2ccccc2c(=O)n1CC. The molecule has 132 valence electrons. The third-order valence-electron chi connectivity index (χ3n) is 3.82. The Morgan fingerprint density at radius 2 is 2.00 bits per heavy atom. The van der Waals surface area contributed by atoms with Gasteiger partial charge in [0.2, 0.25) is 5.95 Å². The number of hydrazone groups is 1. The topological polar surface area (TPSA) is 68.5 Å². The molecule has 1 aromatic heterocycles. The molecule has 3 aromatic rings. The van der Waals surface area contributed by atoms with Crippen LogP contribution in [0.15, 0.2) is 71.1 Å². The van der Waals surface area contributed by atoms with Crippen molar-refractivity contribution >= 4 is 23.1 Å². The van der Waals surface area contributed by atoms with E-state index in [9.17, 15) is 4.79 Å². The summed E-state index contributed by atoms with van der Waals surface area (Å²) in [6.07, 6.45) is 3.32. The minimum absolute atomic E-state index is 0.0921. The van der Waals surface area contributed by atoms with Crippen molar-refractivity contribution in [2.24, 2.45) is 5.10 Å². The van der Waals surface area contributed by atoms with Crippen LogP contribution in [0, 0.1) is 0 Å². The van der Waals surface area contributed by atoms with Crippen molar-refractivity contribution in [2.75, 3.05) is 12.0 Å². The van der Waals surface area contributed by atoms with E-state index in [1.54, 1.807) is 22.9 Å². The largest absolute Gasteiger partial charge is 0.489 e. The van der Waals surface area contributed by atoms with Gasteiger partial charge in [0.25, 0.3) is 5.56 Å². The smallest absolute Gasteiger partial charge is 0.262 e. The summed E-state index contributed by atoms with van der Waals surface area (Å²) in [5.41, 5.74) is 4.23. The molecule has 0 spiro atoms. The monoisotopic (exact) mass is 348 g/mol. The van der Waals surface area contributed by atoms with Gasteiger partial charge in [0.05, 0.1) is 17.1 Å². The van der Waals surface area contributed by atoms with Crippen LogP contribution in [-0.2, 0) is 6.54 Å². The van der Waals surface area contributed by atoms with Gasteiger partial charge >= 0.3 is 0 Å². The molecule has 26 heavy (non-hydrogen) atoms. The van der Waals surface area contributed by atoms with E-state index in [1.807, 2.05) is 49.4 Å². The van der Waals surface area contributed by atoms with Crippen LogP contribution in [0.5, 0.6) is 5.75 Å². The fourth-order valence-electron chi connectivity index (χ4n) is 2.57. The van der Waals surface area contributed by atoms with Gasteiger partial charge in [0.15, 0.2) is 0 Å². The van der Waals surface area contributed by atoms with Gasteiger partial charge in [-0.1, -0.05) is 36.9 Å². The van der Waals surface area contributed by atoms with Gasteiger partial charge < -0.3 is 4.74 Å². The zero-order valence-corrected chi connectivity index (χ0v) is 14.6. The van der Waals surface area contributed by atoms with E-state index in [0.29, 0.717) is 35.8 Å². The summed E-state index contributed by atoms with van der Waals surface area (Å²) in [4.78, 5) is 17.1. The number of aromatic nitrogens is 2. The summed E-state index contributed by atoms with van der Waals surface area (Å²) >= 11 is 0. The van der Waals surface area contributed by atoms with E-state index in [4.69, 9.17) is 4.74 Å². The molecule has 6 nitrogen and oxygen atoms in total. The number of para-hydroxylation sites is 2. The quantitative estimate of drug-likeness (QED) is 0.403. The van der Waals surface area contributed by atoms with Gasteiger partial charge in [-0.15, -0.1) is 0 Å². The minimum atomic E-state index is -0.0921. The molecular weight excluding hydrogens is 328 g/mol. The highest BCUT2D eigenvalue weighted by Crippen LogP contribution is 2.16. The van der Waals surface area contributed by atoms with E-state index < -0.39 is 0 Å². The third-order valence-corrected chi connectivity index (χ3v) is 3.82. The lowest BCUT2D eigenvalue weighted by atomic mass is 10.2. The highest BCUT2D eigenvalue weighted by molar-refractivity contribution is 5.84. The number of hydrogen-bond acceptors (Lipinski definition) is 5. The first-order valence-corrected chi connectivity index (χ1v) is 8.36. The number of benzene rings is 2. The van der Waals surface area contributed by atoms with Crippen LogP contribution < -0.4 is 15.7 Å². The lowest BCUT2D eigenvalue weighted by molar-refractivity contribution is 0.363. The van der Waals surface area contributed by atoms with Crippen molar-refractivity contribution in [2.45, 2.75) is 13.5 Å². The summed E-state index contributed by atoms with van der Waals surface area (Å²) in [5, 5.41) is 4.82. The fourth-order valence-corrected chi connectivity index (χ4v) is 2.57. The Hall–Kier alpha value is -3.41. The standard InChI is InChI=1S/C20H20N4O2/c1-3-13-26-18-12-8-5-9-15(18)14-21-23-20-22-17-11-7-6-10-16(17)19(25)24(20)4-2/h3,5-12,14H,1,4,13H2,2H3,(H,22,23)/b21-14-. The maximum absolute atomic E-state index is 12.6. The van der Waals surface area contributed by atoms with E-state index in [1.165, 1.54) is 0 Å². The minimum Gasteiger partial charge on any atom is -0.489 e. The molecule has 0 atom stereocenters. The summed E-state index contributed by atoms with van der Waals surface area (Å²) in [6, 6.07) is 14.8. The predicted molar refractivity (Wildman–Crippen MR) is 105 cm³/mol. The molecule has 0 amide bonds. The van der Waals surface area contributed by atoms with Gasteiger partial charge in [-0.3, -0.25) is 9.36 Å². The zero-order chi connectivity index (χ0) is 18.4. The summed E-state index contributed by atoms with van der Waals surface area (Å²) in [7, 11) is 0. The Balaban J connectivity index is 1.89. The molecule has 0 saturated heterocycles. The Labute approximate surface area is 151 Å². The number of nitrogens with zero attached hydrogens (tertiary/aromatic N) is 3. The molecule has 1 heterocycles. The first-order valence-electron chi connectivity index (χ1n) is 8.36. The molecule has 0 aliphatic rings. The van der Waals surface area contributed by atoms with Crippen molar-refractivity contribution in [1.29, 1.82) is 0 Å². The molecule has 0 bridgehead atoms. The molecule has 3 rings (SSSR count). The van der Waals surface area contributed by atoms with Crippen LogP contribution in [0.3, 0.4) is 0 Å². The van der Waals surface area contributed by atoms with Gasteiger partial charge in [0.1, 0.15) is 12.4 Å². The van der Waals surface area contributed by atoms with Crippen LogP contribution in [0.4, 0.5) is 5.95 Å². The van der Waals surface area contributed by atoms with Crippen LogP contribution in [0.1, 0.15) is 12.5 Å². The van der Waals surface area contributed by atoms with Gasteiger partial charge in [-0.25, -0.2) is 10.4 Å². The summed E-state index contributed by atoms with van der Waals surface area (Å²) < 4.78 is 7.16. The zero-order valence-electron chi connectivity index (χ0n) is 14.6. The van der Waals surface area contributed by atoms with E-state index in [0.717, 1.165) is 5.56 Å². The van der Waals surface area contributed by atoms with Crippen LogP contribution in [0.25, 0.3) is 10.9 Å². The second kappa shape index (κ2) is 8.11. The van der Waals surface area contributed by atoms with Gasteiger partial charge in [-0.2, -0.15) is 5.10 Å². The van der Waals surface area contributed by atoms with Crippen molar-refractivity contribution in [3.05, 3.63) is 77.1 Å². The number of ether oxygens (including phenoxy) is 1. The molecule has 0 fully saturated rings. The van der Waals surface area contributed by atoms with Crippen molar-refractivity contribution in [3.8, 4) is 5.75 Å². The third kappa shape index (κ3) is 3.64. The van der Waals surface area contributed by atoms with Gasteiger partial charge in [-0.05, 0) is 31.2 Å². The Morgan fingerprint density at radius 3 is 2.81 bits per heavy atom. The molecule has 0 radical (unpaired) electrons. The van der Waals surface area contributed by atoms with Crippen LogP contribution in [-0.4, -0.2) is 22.4 Å². The molecule has 2 aromatic carbocycles. The molecule has 0 aliphatic carbocycles. The predicted octanol–water partition coefficient (Wildman–Crippen LogP) is 3.43. The molecule has 0 saturated carbocycles. The molecule has 1 N–H and O–H groups in total. The van der Waals surface area contributed by atoms with Gasteiger partial charge in [0, 0.05) is 12.1 Å². The maximum atomic E-state index is 12.6. The fraction of sp³-hybridized carbons (Fsp3) is 0.150. The highest BCUT2D eigenvalue weighted by Gasteiger charge is 2.08. The highest BCUT2D eigenvalue weighted by atomic mass is 16.5. The van der Waals surface area contributed by atoms with E-state index in [-0.39, 0.29) is 5.56 Å².